The van der Waals surface area contributed by atoms with Crippen molar-refractivity contribution in [1.82, 2.24) is 0 Å². The van der Waals surface area contributed by atoms with E-state index < -0.39 is 0 Å². The first-order chi connectivity index (χ1) is 7.04. The van der Waals surface area contributed by atoms with Gasteiger partial charge in [0.2, 0.25) is 0 Å². The summed E-state index contributed by atoms with van der Waals surface area (Å²) in [6.45, 7) is 6.18. The molecule has 1 aromatic rings. The zero-order valence-corrected chi connectivity index (χ0v) is 9.32. The molecule has 2 N–H and O–H groups in total. The molecule has 0 saturated carbocycles. The van der Waals surface area contributed by atoms with Gasteiger partial charge in [0.05, 0.1) is 23.4 Å². The van der Waals surface area contributed by atoms with E-state index in [1.165, 1.54) is 0 Å². The lowest BCUT2D eigenvalue weighted by Gasteiger charge is -2.19. The van der Waals surface area contributed by atoms with Crippen LogP contribution in [0.15, 0.2) is 18.2 Å². The zero-order chi connectivity index (χ0) is 11.4. The van der Waals surface area contributed by atoms with E-state index in [0.717, 1.165) is 0 Å². The average molecular weight is 204 g/mol. The van der Waals surface area contributed by atoms with Crippen molar-refractivity contribution in [3.8, 4) is 11.8 Å². The van der Waals surface area contributed by atoms with Crippen LogP contribution < -0.4 is 10.5 Å². The van der Waals surface area contributed by atoms with Crippen molar-refractivity contribution in [1.29, 1.82) is 5.26 Å². The summed E-state index contributed by atoms with van der Waals surface area (Å²) < 4.78 is 5.67. The van der Waals surface area contributed by atoms with Gasteiger partial charge in [-0.1, -0.05) is 13.8 Å². The standard InChI is InChI=1S/C12H16N2O/c1-8(2)9(3)15-12-5-4-10(7-13)6-11(12)14/h4-6,8-9H,14H2,1-3H3. The summed E-state index contributed by atoms with van der Waals surface area (Å²) in [6.07, 6.45) is 0.111. The molecule has 0 amide bonds. The number of rotatable bonds is 3. The summed E-state index contributed by atoms with van der Waals surface area (Å²) >= 11 is 0. The molecule has 0 heterocycles. The number of hydrogen-bond acceptors (Lipinski definition) is 3. The van der Waals surface area contributed by atoms with Gasteiger partial charge in [0.15, 0.2) is 0 Å². The van der Waals surface area contributed by atoms with Gasteiger partial charge in [-0.3, -0.25) is 0 Å². The summed E-state index contributed by atoms with van der Waals surface area (Å²) in [7, 11) is 0. The second-order valence-corrected chi connectivity index (χ2v) is 3.93. The third-order valence-corrected chi connectivity index (χ3v) is 2.39. The molecule has 1 aromatic carbocycles. The van der Waals surface area contributed by atoms with Gasteiger partial charge < -0.3 is 10.5 Å². The van der Waals surface area contributed by atoms with Crippen molar-refractivity contribution >= 4 is 5.69 Å². The van der Waals surface area contributed by atoms with Crippen molar-refractivity contribution in [2.45, 2.75) is 26.9 Å². The Hall–Kier alpha value is -1.69. The lowest BCUT2D eigenvalue weighted by Crippen LogP contribution is -2.19. The van der Waals surface area contributed by atoms with Gasteiger partial charge in [0.1, 0.15) is 5.75 Å². The van der Waals surface area contributed by atoms with Crippen molar-refractivity contribution in [2.75, 3.05) is 5.73 Å². The van der Waals surface area contributed by atoms with E-state index in [-0.39, 0.29) is 6.10 Å². The molecule has 1 atom stereocenters. The fraction of sp³-hybridized carbons (Fsp3) is 0.417. The van der Waals surface area contributed by atoms with Crippen LogP contribution in [-0.4, -0.2) is 6.10 Å². The Balaban J connectivity index is 2.84. The molecule has 80 valence electrons. The lowest BCUT2D eigenvalue weighted by atomic mass is 10.1. The number of nitrogen functional groups attached to an aromatic ring is 1. The topological polar surface area (TPSA) is 59.0 Å². The van der Waals surface area contributed by atoms with Crippen LogP contribution in [0.5, 0.6) is 5.75 Å². The van der Waals surface area contributed by atoms with Gasteiger partial charge in [0, 0.05) is 0 Å². The SMILES string of the molecule is CC(C)C(C)Oc1ccc(C#N)cc1N. The Morgan fingerprint density at radius 1 is 1.33 bits per heavy atom. The molecule has 0 aliphatic carbocycles. The quantitative estimate of drug-likeness (QED) is 0.770. The molecular formula is C12H16N2O. The van der Waals surface area contributed by atoms with Crippen LogP contribution in [0.2, 0.25) is 0 Å². The molecule has 3 nitrogen and oxygen atoms in total. The van der Waals surface area contributed by atoms with E-state index in [1.807, 2.05) is 13.0 Å². The molecule has 0 fully saturated rings. The minimum Gasteiger partial charge on any atom is -0.488 e. The zero-order valence-electron chi connectivity index (χ0n) is 9.32. The van der Waals surface area contributed by atoms with Crippen LogP contribution in [0.4, 0.5) is 5.69 Å². The van der Waals surface area contributed by atoms with Crippen LogP contribution >= 0.6 is 0 Å². The van der Waals surface area contributed by atoms with Gasteiger partial charge in [0.25, 0.3) is 0 Å². The second-order valence-electron chi connectivity index (χ2n) is 3.93. The van der Waals surface area contributed by atoms with Crippen molar-refractivity contribution in [3.05, 3.63) is 23.8 Å². The predicted molar refractivity (Wildman–Crippen MR) is 60.5 cm³/mol. The third kappa shape index (κ3) is 2.88. The van der Waals surface area contributed by atoms with Gasteiger partial charge in [-0.05, 0) is 31.0 Å². The van der Waals surface area contributed by atoms with E-state index >= 15 is 0 Å². The third-order valence-electron chi connectivity index (χ3n) is 2.39. The van der Waals surface area contributed by atoms with Crippen LogP contribution in [0.3, 0.4) is 0 Å². The summed E-state index contributed by atoms with van der Waals surface area (Å²) in [4.78, 5) is 0. The van der Waals surface area contributed by atoms with E-state index in [1.54, 1.807) is 18.2 Å². The molecule has 15 heavy (non-hydrogen) atoms. The first-order valence-electron chi connectivity index (χ1n) is 5.01. The number of hydrogen-bond donors (Lipinski definition) is 1. The maximum Gasteiger partial charge on any atom is 0.142 e. The number of ether oxygens (including phenoxy) is 1. The van der Waals surface area contributed by atoms with Gasteiger partial charge in [-0.2, -0.15) is 5.26 Å². The molecule has 0 aliphatic heterocycles. The fourth-order valence-corrected chi connectivity index (χ4v) is 1.06. The Morgan fingerprint density at radius 3 is 2.47 bits per heavy atom. The summed E-state index contributed by atoms with van der Waals surface area (Å²) in [5.74, 6) is 1.08. The molecule has 0 saturated heterocycles. The molecule has 0 radical (unpaired) electrons. The number of nitrogens with zero attached hydrogens (tertiary/aromatic N) is 1. The van der Waals surface area contributed by atoms with Gasteiger partial charge in [-0.15, -0.1) is 0 Å². The largest absolute Gasteiger partial charge is 0.488 e. The van der Waals surface area contributed by atoms with Crippen molar-refractivity contribution in [3.63, 3.8) is 0 Å². The molecular weight excluding hydrogens is 188 g/mol. The molecule has 3 heteroatoms. The smallest absolute Gasteiger partial charge is 0.142 e. The Morgan fingerprint density at radius 2 is 2.00 bits per heavy atom. The Labute approximate surface area is 90.5 Å². The van der Waals surface area contributed by atoms with Gasteiger partial charge in [-0.25, -0.2) is 0 Å². The fourth-order valence-electron chi connectivity index (χ4n) is 1.06. The normalized spacial score (nSPS) is 12.2. The number of nitrogens with two attached hydrogens (primary N) is 1. The maximum absolute atomic E-state index is 8.68. The molecule has 0 aromatic heterocycles. The highest BCUT2D eigenvalue weighted by Crippen LogP contribution is 2.24. The average Bonchev–Trinajstić information content (AvgIpc) is 2.20. The number of nitriles is 1. The lowest BCUT2D eigenvalue weighted by molar-refractivity contribution is 0.171. The van der Waals surface area contributed by atoms with E-state index in [2.05, 4.69) is 13.8 Å². The highest BCUT2D eigenvalue weighted by molar-refractivity contribution is 5.56. The van der Waals surface area contributed by atoms with Crippen LogP contribution in [0.25, 0.3) is 0 Å². The maximum atomic E-state index is 8.68. The first kappa shape index (κ1) is 11.4. The highest BCUT2D eigenvalue weighted by Gasteiger charge is 2.10. The predicted octanol–water partition coefficient (Wildman–Crippen LogP) is 2.56. The Kier molecular flexibility index (Phi) is 3.56. The number of benzene rings is 1. The van der Waals surface area contributed by atoms with Crippen LogP contribution in [-0.2, 0) is 0 Å². The summed E-state index contributed by atoms with van der Waals surface area (Å²) in [5.41, 5.74) is 6.84. The highest BCUT2D eigenvalue weighted by atomic mass is 16.5. The van der Waals surface area contributed by atoms with E-state index in [4.69, 9.17) is 15.7 Å². The second kappa shape index (κ2) is 4.70. The summed E-state index contributed by atoms with van der Waals surface area (Å²) in [6, 6.07) is 7.11. The van der Waals surface area contributed by atoms with Crippen molar-refractivity contribution in [2.24, 2.45) is 5.92 Å². The number of anilines is 1. The minimum atomic E-state index is 0.111. The van der Waals surface area contributed by atoms with Crippen LogP contribution in [0, 0.1) is 17.2 Å². The van der Waals surface area contributed by atoms with E-state index in [0.29, 0.717) is 22.9 Å². The van der Waals surface area contributed by atoms with Crippen LogP contribution in [0.1, 0.15) is 26.3 Å². The molecule has 0 aliphatic rings. The molecule has 1 rings (SSSR count). The molecule has 1 unspecified atom stereocenters. The Bertz CT molecular complexity index is 380. The molecule has 0 bridgehead atoms. The van der Waals surface area contributed by atoms with Gasteiger partial charge >= 0.3 is 0 Å². The summed E-state index contributed by atoms with van der Waals surface area (Å²) in [5, 5.41) is 8.68. The molecule has 0 spiro atoms. The van der Waals surface area contributed by atoms with Crippen molar-refractivity contribution < 1.29 is 4.74 Å². The first-order valence-corrected chi connectivity index (χ1v) is 5.01. The monoisotopic (exact) mass is 204 g/mol. The minimum absolute atomic E-state index is 0.111. The van der Waals surface area contributed by atoms with E-state index in [9.17, 15) is 0 Å².